The van der Waals surface area contributed by atoms with Gasteiger partial charge in [0.2, 0.25) is 0 Å². The van der Waals surface area contributed by atoms with E-state index in [2.05, 4.69) is 0 Å². The van der Waals surface area contributed by atoms with Crippen LogP contribution < -0.4 is 0 Å². The summed E-state index contributed by atoms with van der Waals surface area (Å²) in [5, 5.41) is 0. The van der Waals surface area contributed by atoms with Gasteiger partial charge in [-0.25, -0.2) is 0 Å². The van der Waals surface area contributed by atoms with Crippen molar-refractivity contribution in [1.29, 1.82) is 0 Å². The Balaban J connectivity index is 0.0000000900. The van der Waals surface area contributed by atoms with Gasteiger partial charge >= 0.3 is 0 Å². The lowest BCUT2D eigenvalue weighted by molar-refractivity contribution is 1.50. The molecule has 1 aliphatic rings. The van der Waals surface area contributed by atoms with Crippen molar-refractivity contribution in [1.82, 2.24) is 0 Å². The summed E-state index contributed by atoms with van der Waals surface area (Å²) in [6, 6.07) is 0. The van der Waals surface area contributed by atoms with Crippen molar-refractivity contribution in [2.45, 2.75) is 19.3 Å². The molecule has 0 radical (unpaired) electrons. The topological polar surface area (TPSA) is 0 Å². The van der Waals surface area contributed by atoms with E-state index in [0.29, 0.717) is 0 Å². The highest BCUT2D eigenvalue weighted by Crippen LogP contribution is 2.14. The van der Waals surface area contributed by atoms with Crippen LogP contribution in [0.1, 0.15) is 19.3 Å². The quantitative estimate of drug-likeness (QED) is 0.460. The molecule has 1 heteroatoms. The summed E-state index contributed by atoms with van der Waals surface area (Å²) in [4.78, 5) is 0. The molecule has 1 rings (SSSR count). The molecule has 0 saturated heterocycles. The van der Waals surface area contributed by atoms with Crippen LogP contribution in [0.4, 0.5) is 0 Å². The fourth-order valence-electron chi connectivity index (χ4n) is 0. The molecule has 0 aromatic rings. The largest absolute Gasteiger partial charge is 0.114 e. The fraction of sp³-hybridized carbons (Fsp3) is 1.00. The Hall–Kier alpha value is 0.480. The van der Waals surface area contributed by atoms with Crippen molar-refractivity contribution < 1.29 is 0 Å². The van der Waals surface area contributed by atoms with Crippen molar-refractivity contribution in [3.8, 4) is 0 Å². The lowest BCUT2D eigenvalue weighted by Gasteiger charge is -1.05. The van der Waals surface area contributed by atoms with Crippen LogP contribution in [0.25, 0.3) is 0 Å². The van der Waals surface area contributed by atoms with Crippen LogP contribution in [-0.4, -0.2) is 0 Å². The monoisotopic (exact) mass is 122 g/mol. The van der Waals surface area contributed by atoms with E-state index < -0.39 is 0 Å². The molecule has 1 fully saturated rings. The van der Waals surface area contributed by atoms with Crippen LogP contribution in [0, 0.1) is 0 Å². The van der Waals surface area contributed by atoms with E-state index >= 15 is 0 Å². The smallest absolute Gasteiger partial charge is 0.0533 e. The Bertz CT molecular complexity index is 8.00. The molecule has 0 aromatic heterocycles. The predicted molar refractivity (Wildman–Crippen MR) is 24.2 cm³/mol. The lowest BCUT2D eigenvalue weighted by atomic mass is 11.0. The third kappa shape index (κ3) is 2.48. The lowest BCUT2D eigenvalue weighted by Crippen LogP contribution is -0.856. The second-order valence-electron chi connectivity index (χ2n) is 1.06. The molecule has 0 atom stereocenters. The van der Waals surface area contributed by atoms with Gasteiger partial charge in [0.25, 0.3) is 0 Å². The zero-order chi connectivity index (χ0) is 2.12. The molecule has 0 amide bonds. The van der Waals surface area contributed by atoms with Crippen molar-refractivity contribution in [2.24, 2.45) is 0 Å². The van der Waals surface area contributed by atoms with Gasteiger partial charge < -0.3 is 0 Å². The Labute approximate surface area is 37.0 Å². The number of rotatable bonds is 0. The Morgan fingerprint density at radius 3 is 1.00 bits per heavy atom. The minimum Gasteiger partial charge on any atom is -0.114 e. The molecule has 0 aromatic carbocycles. The second kappa shape index (κ2) is 1.77. The Morgan fingerprint density at radius 1 is 0.750 bits per heavy atom. The summed E-state index contributed by atoms with van der Waals surface area (Å²) in [6.07, 6.45) is 4.50. The summed E-state index contributed by atoms with van der Waals surface area (Å²) >= 11 is 0. The van der Waals surface area contributed by atoms with Gasteiger partial charge in [-0.3, -0.25) is 0 Å². The first kappa shape index (κ1) is 4.48. The van der Waals surface area contributed by atoms with E-state index in [0.717, 1.165) is 0 Å². The van der Waals surface area contributed by atoms with Gasteiger partial charge in [-0.05, 0) is 0 Å². The van der Waals surface area contributed by atoms with Crippen LogP contribution in [0.15, 0.2) is 0 Å². The van der Waals surface area contributed by atoms with Gasteiger partial charge in [-0.1, -0.05) is 19.3 Å². The Morgan fingerprint density at radius 2 is 1.00 bits per heavy atom. The SMILES string of the molecule is Br.C1CC1. The van der Waals surface area contributed by atoms with Crippen LogP contribution >= 0.6 is 17.0 Å². The summed E-state index contributed by atoms with van der Waals surface area (Å²) in [5.74, 6) is 0. The molecule has 0 heterocycles. The van der Waals surface area contributed by atoms with Crippen LogP contribution in [0.3, 0.4) is 0 Å². The standard InChI is InChI=1S/C3H6.BrH/c1-2-3-1;/h1-3H2;1H. The fourth-order valence-corrected chi connectivity index (χ4v) is 0. The maximum absolute atomic E-state index is 1.50. The summed E-state index contributed by atoms with van der Waals surface area (Å²) in [5.41, 5.74) is 0. The molecule has 26 valence electrons. The van der Waals surface area contributed by atoms with Crippen molar-refractivity contribution >= 4 is 17.0 Å². The van der Waals surface area contributed by atoms with E-state index in [1.807, 2.05) is 0 Å². The molecule has 0 N–H and O–H groups in total. The highest BCUT2D eigenvalue weighted by atomic mass is 79.9. The van der Waals surface area contributed by atoms with Crippen molar-refractivity contribution in [3.05, 3.63) is 0 Å². The predicted octanol–water partition coefficient (Wildman–Crippen LogP) is 1.75. The Kier molecular flexibility index (Phi) is 1.98. The van der Waals surface area contributed by atoms with E-state index in [-0.39, 0.29) is 17.0 Å². The summed E-state index contributed by atoms with van der Waals surface area (Å²) in [6.45, 7) is 0. The normalized spacial score (nSPS) is 18.0. The van der Waals surface area contributed by atoms with Gasteiger partial charge in [-0.2, -0.15) is 0 Å². The van der Waals surface area contributed by atoms with Crippen LogP contribution in [0.5, 0.6) is 0 Å². The zero-order valence-corrected chi connectivity index (χ0v) is 4.24. The maximum Gasteiger partial charge on any atom is -0.0533 e. The van der Waals surface area contributed by atoms with E-state index in [1.54, 1.807) is 0 Å². The van der Waals surface area contributed by atoms with E-state index in [1.165, 1.54) is 19.3 Å². The third-order valence-electron chi connectivity index (χ3n) is 0.354. The van der Waals surface area contributed by atoms with Gasteiger partial charge in [0.05, 0.1) is 0 Å². The number of hydrogen-bond donors (Lipinski definition) is 0. The molecule has 1 aliphatic carbocycles. The minimum atomic E-state index is 0. The van der Waals surface area contributed by atoms with Gasteiger partial charge in [-0.15, -0.1) is 17.0 Å². The van der Waals surface area contributed by atoms with E-state index in [4.69, 9.17) is 0 Å². The summed E-state index contributed by atoms with van der Waals surface area (Å²) in [7, 11) is 0. The molecule has 0 unspecified atom stereocenters. The van der Waals surface area contributed by atoms with Crippen molar-refractivity contribution in [2.75, 3.05) is 0 Å². The molecule has 0 bridgehead atoms. The first-order valence-electron chi connectivity index (χ1n) is 1.50. The third-order valence-corrected chi connectivity index (χ3v) is 0.354. The number of hydrogen-bond acceptors (Lipinski definition) is 0. The second-order valence-corrected chi connectivity index (χ2v) is 1.06. The van der Waals surface area contributed by atoms with Crippen LogP contribution in [-0.2, 0) is 0 Å². The molecule has 0 nitrogen and oxygen atoms in total. The highest BCUT2D eigenvalue weighted by Gasteiger charge is 1.95. The molecule has 0 spiro atoms. The molecule has 0 aliphatic heterocycles. The summed E-state index contributed by atoms with van der Waals surface area (Å²) < 4.78 is 0. The number of halogens is 1. The van der Waals surface area contributed by atoms with Gasteiger partial charge in [0, 0.05) is 0 Å². The molecular weight excluding hydrogens is 116 g/mol. The van der Waals surface area contributed by atoms with Gasteiger partial charge in [0.1, 0.15) is 0 Å². The van der Waals surface area contributed by atoms with Crippen LogP contribution in [0.2, 0.25) is 0 Å². The average molecular weight is 123 g/mol. The molecule has 1 saturated carbocycles. The van der Waals surface area contributed by atoms with Crippen molar-refractivity contribution in [3.63, 3.8) is 0 Å². The first-order chi connectivity index (χ1) is 1.50. The highest BCUT2D eigenvalue weighted by molar-refractivity contribution is 8.93. The first-order valence-corrected chi connectivity index (χ1v) is 1.50. The van der Waals surface area contributed by atoms with E-state index in [9.17, 15) is 0 Å². The van der Waals surface area contributed by atoms with Gasteiger partial charge in [0.15, 0.2) is 0 Å². The zero-order valence-electron chi connectivity index (χ0n) is 2.53. The minimum absolute atomic E-state index is 0. The maximum atomic E-state index is 1.50. The molecular formula is C3H7Br. The molecule has 4 heavy (non-hydrogen) atoms. The average Bonchev–Trinajstić information content (AvgIpc) is 1.46.